The Morgan fingerprint density at radius 3 is 2.64 bits per heavy atom. The zero-order chi connectivity index (χ0) is 26.1. The number of amides is 1. The average molecular weight is 505 g/mol. The van der Waals surface area contributed by atoms with Crippen molar-refractivity contribution >= 4 is 17.8 Å². The molecule has 5 atom stereocenters. The first-order chi connectivity index (χ1) is 16.9. The van der Waals surface area contributed by atoms with Crippen molar-refractivity contribution in [3.05, 3.63) is 23.7 Å². The predicted molar refractivity (Wildman–Crippen MR) is 134 cm³/mol. The topological polar surface area (TPSA) is 97.3 Å². The van der Waals surface area contributed by atoms with Crippen LogP contribution in [0.15, 0.2) is 16.5 Å². The lowest BCUT2D eigenvalue weighted by molar-refractivity contribution is -0.128. The van der Waals surface area contributed by atoms with Gasteiger partial charge < -0.3 is 19.2 Å². The van der Waals surface area contributed by atoms with E-state index in [0.717, 1.165) is 25.7 Å². The summed E-state index contributed by atoms with van der Waals surface area (Å²) in [4.78, 5) is 30.1. The Labute approximate surface area is 213 Å². The van der Waals surface area contributed by atoms with E-state index in [4.69, 9.17) is 13.9 Å². The van der Waals surface area contributed by atoms with E-state index >= 15 is 4.39 Å². The lowest BCUT2D eigenvalue weighted by Gasteiger charge is -2.26. The van der Waals surface area contributed by atoms with Crippen LogP contribution in [0.25, 0.3) is 6.08 Å². The van der Waals surface area contributed by atoms with Gasteiger partial charge in [-0.2, -0.15) is 0 Å². The van der Waals surface area contributed by atoms with Crippen LogP contribution in [0.4, 0.5) is 4.39 Å². The van der Waals surface area contributed by atoms with Gasteiger partial charge in [-0.25, -0.2) is 9.37 Å². The molecule has 1 N–H and O–H groups in total. The summed E-state index contributed by atoms with van der Waals surface area (Å²) in [5.74, 6) is 0.289. The Morgan fingerprint density at radius 1 is 1.22 bits per heavy atom. The van der Waals surface area contributed by atoms with Gasteiger partial charge in [0.1, 0.15) is 29.2 Å². The number of rotatable bonds is 4. The second kappa shape index (κ2) is 10.4. The van der Waals surface area contributed by atoms with Gasteiger partial charge >= 0.3 is 0 Å². The Morgan fingerprint density at radius 2 is 1.97 bits per heavy atom. The minimum Gasteiger partial charge on any atom is -0.449 e. The van der Waals surface area contributed by atoms with E-state index in [0.29, 0.717) is 49.8 Å². The van der Waals surface area contributed by atoms with E-state index in [-0.39, 0.29) is 24.2 Å². The Bertz CT molecular complexity index is 1000. The van der Waals surface area contributed by atoms with Crippen molar-refractivity contribution in [3.63, 3.8) is 0 Å². The largest absolute Gasteiger partial charge is 0.449 e. The molecule has 1 amide bonds. The summed E-state index contributed by atoms with van der Waals surface area (Å²) in [6.45, 7) is 10.5. The smallest absolute Gasteiger partial charge is 0.220 e. The van der Waals surface area contributed by atoms with Gasteiger partial charge in [0, 0.05) is 44.1 Å². The highest BCUT2D eigenvalue weighted by Crippen LogP contribution is 2.58. The zero-order valence-corrected chi connectivity index (χ0v) is 22.3. The first-order valence-corrected chi connectivity index (χ1v) is 13.4. The number of Topliss-reactive ketones (excluding diaryl/α,β-unsaturated/α-hetero) is 1. The summed E-state index contributed by atoms with van der Waals surface area (Å²) in [5.41, 5.74) is -1.20. The van der Waals surface area contributed by atoms with Crippen LogP contribution in [0.3, 0.4) is 0 Å². The molecular weight excluding hydrogens is 463 g/mol. The molecule has 1 aromatic heterocycles. The molecule has 3 aliphatic heterocycles. The van der Waals surface area contributed by atoms with Crippen molar-refractivity contribution in [3.8, 4) is 0 Å². The maximum atomic E-state index is 15.7. The molecule has 0 saturated carbocycles. The number of epoxide rings is 2. The molecule has 5 unspecified atom stereocenters. The standard InChI is InChI=1S/C28H41FN2O5/c1-18-7-6-11-27(5)28(36-27,14-21-17-35-21)15-23(22(29)13-20-16-34-19(2)30-20)31-25(33)10-12-26(3,4)24(32)9-8-18/h13,16,18,21,23H,6-12,14-15,17H2,1-5H3,(H,31,33). The van der Waals surface area contributed by atoms with E-state index in [9.17, 15) is 9.59 Å². The maximum absolute atomic E-state index is 15.7. The molecule has 0 spiro atoms. The van der Waals surface area contributed by atoms with E-state index in [1.54, 1.807) is 6.92 Å². The van der Waals surface area contributed by atoms with Gasteiger partial charge in [-0.1, -0.05) is 33.6 Å². The minimum atomic E-state index is -0.874. The van der Waals surface area contributed by atoms with Gasteiger partial charge in [0.05, 0.1) is 24.4 Å². The SMILES string of the molecule is Cc1nc(C=C(F)C2CC3(CC4CO4)OC3(C)CCCC(C)CCC(=O)C(C)(C)CCC(=O)N2)co1. The first kappa shape index (κ1) is 27.0. The number of nitrogens with one attached hydrogen (secondary N) is 1. The molecule has 0 bridgehead atoms. The van der Waals surface area contributed by atoms with Crippen LogP contribution in [0, 0.1) is 18.3 Å². The third-order valence-corrected chi connectivity index (χ3v) is 8.37. The highest BCUT2D eigenvalue weighted by molar-refractivity contribution is 5.85. The molecule has 200 valence electrons. The zero-order valence-electron chi connectivity index (χ0n) is 22.3. The molecule has 4 rings (SSSR count). The van der Waals surface area contributed by atoms with Crippen LogP contribution in [0.5, 0.6) is 0 Å². The summed E-state index contributed by atoms with van der Waals surface area (Å²) >= 11 is 0. The van der Waals surface area contributed by atoms with Crippen LogP contribution in [0.2, 0.25) is 0 Å². The van der Waals surface area contributed by atoms with E-state index in [1.807, 2.05) is 13.8 Å². The molecule has 0 radical (unpaired) electrons. The van der Waals surface area contributed by atoms with Gasteiger partial charge in [-0.15, -0.1) is 0 Å². The van der Waals surface area contributed by atoms with Crippen molar-refractivity contribution in [2.75, 3.05) is 6.61 Å². The normalized spacial score (nSPS) is 36.2. The van der Waals surface area contributed by atoms with E-state index < -0.39 is 28.5 Å². The van der Waals surface area contributed by atoms with Gasteiger partial charge in [0.15, 0.2) is 5.89 Å². The number of fused-ring (bicyclic) bond motifs is 1. The number of carbonyl (C=O) groups is 2. The number of nitrogens with zero attached hydrogens (tertiary/aromatic N) is 1. The fourth-order valence-electron chi connectivity index (χ4n) is 5.55. The highest BCUT2D eigenvalue weighted by Gasteiger charge is 2.67. The number of oxazole rings is 1. The van der Waals surface area contributed by atoms with Crippen LogP contribution in [-0.2, 0) is 19.1 Å². The average Bonchev–Trinajstić information content (AvgIpc) is 3.67. The lowest BCUT2D eigenvalue weighted by Crippen LogP contribution is -2.41. The van der Waals surface area contributed by atoms with Crippen LogP contribution in [0.1, 0.15) is 97.1 Å². The molecule has 3 aliphatic rings. The second-order valence-corrected chi connectivity index (χ2v) is 12.0. The van der Waals surface area contributed by atoms with Crippen LogP contribution >= 0.6 is 0 Å². The number of aryl methyl sites for hydroxylation is 1. The molecule has 3 saturated heterocycles. The monoisotopic (exact) mass is 504 g/mol. The summed E-state index contributed by atoms with van der Waals surface area (Å²) < 4.78 is 32.8. The number of ether oxygens (including phenoxy) is 2. The third kappa shape index (κ3) is 6.43. The Kier molecular flexibility index (Phi) is 7.77. The third-order valence-electron chi connectivity index (χ3n) is 8.37. The van der Waals surface area contributed by atoms with Gasteiger partial charge in [0.2, 0.25) is 5.91 Å². The number of halogens is 1. The predicted octanol–water partition coefficient (Wildman–Crippen LogP) is 5.46. The molecule has 36 heavy (non-hydrogen) atoms. The van der Waals surface area contributed by atoms with Gasteiger partial charge in [-0.3, -0.25) is 9.59 Å². The van der Waals surface area contributed by atoms with E-state index in [1.165, 1.54) is 12.3 Å². The molecule has 0 aromatic carbocycles. The quantitative estimate of drug-likeness (QED) is 0.547. The molecule has 7 nitrogen and oxygen atoms in total. The molecular formula is C28H41FN2O5. The summed E-state index contributed by atoms with van der Waals surface area (Å²) in [5, 5.41) is 2.91. The van der Waals surface area contributed by atoms with Crippen LogP contribution in [-0.4, -0.2) is 46.6 Å². The van der Waals surface area contributed by atoms with Gasteiger partial charge in [0.25, 0.3) is 0 Å². The van der Waals surface area contributed by atoms with Crippen molar-refractivity contribution in [2.24, 2.45) is 11.3 Å². The fraction of sp³-hybridized carbons (Fsp3) is 0.750. The first-order valence-electron chi connectivity index (χ1n) is 13.4. The second-order valence-electron chi connectivity index (χ2n) is 12.0. The molecule has 8 heteroatoms. The van der Waals surface area contributed by atoms with E-state index in [2.05, 4.69) is 24.1 Å². The van der Waals surface area contributed by atoms with Crippen molar-refractivity contribution in [1.82, 2.24) is 10.3 Å². The Balaban J connectivity index is 1.59. The molecule has 3 fully saturated rings. The van der Waals surface area contributed by atoms with Gasteiger partial charge in [-0.05, 0) is 32.1 Å². The molecule has 0 aliphatic carbocycles. The lowest BCUT2D eigenvalue weighted by atomic mass is 9.78. The highest BCUT2D eigenvalue weighted by atomic mass is 19.1. The molecule has 4 heterocycles. The van der Waals surface area contributed by atoms with Crippen LogP contribution < -0.4 is 5.32 Å². The minimum absolute atomic E-state index is 0.115. The molecule has 1 aromatic rings. The van der Waals surface area contributed by atoms with Crippen molar-refractivity contribution < 1.29 is 27.9 Å². The number of ketones is 1. The summed E-state index contributed by atoms with van der Waals surface area (Å²) in [7, 11) is 0. The summed E-state index contributed by atoms with van der Waals surface area (Å²) in [6, 6.07) is -0.874. The fourth-order valence-corrected chi connectivity index (χ4v) is 5.55. The van der Waals surface area contributed by atoms with Crippen molar-refractivity contribution in [2.45, 2.75) is 116 Å². The maximum Gasteiger partial charge on any atom is 0.220 e. The number of carbonyl (C=O) groups excluding carboxylic acids is 2. The Hall–Kier alpha value is -2.06. The van der Waals surface area contributed by atoms with Crippen molar-refractivity contribution in [1.29, 1.82) is 0 Å². The number of aromatic nitrogens is 1. The summed E-state index contributed by atoms with van der Waals surface area (Å²) in [6.07, 6.45) is 8.59. The number of hydrogen-bond donors (Lipinski definition) is 1. The number of hydrogen-bond acceptors (Lipinski definition) is 6.